The number of aromatic amines is 1. The highest BCUT2D eigenvalue weighted by Gasteiger charge is 2.21. The lowest BCUT2D eigenvalue weighted by molar-refractivity contribution is 0.102. The third-order valence-corrected chi connectivity index (χ3v) is 5.01. The molecule has 1 atom stereocenters. The van der Waals surface area contributed by atoms with Crippen LogP contribution in [0.15, 0.2) is 42.5 Å². The number of anilines is 2. The Bertz CT molecular complexity index is 931. The molecule has 2 aromatic carbocycles. The second kappa shape index (κ2) is 6.80. The highest BCUT2D eigenvalue weighted by Crippen LogP contribution is 2.22. The molecule has 2 heterocycles. The summed E-state index contributed by atoms with van der Waals surface area (Å²) in [5.74, 6) is 0.807. The van der Waals surface area contributed by atoms with Crippen LogP contribution in [0, 0.1) is 0 Å². The quantitative estimate of drug-likeness (QED) is 0.630. The number of aromatic nitrogens is 2. The maximum Gasteiger partial charge on any atom is 0.255 e. The summed E-state index contributed by atoms with van der Waals surface area (Å²) in [6.45, 7) is 4.23. The maximum atomic E-state index is 12.3. The largest absolute Gasteiger partial charge is 0.399 e. The van der Waals surface area contributed by atoms with Gasteiger partial charge in [0.05, 0.1) is 17.6 Å². The third-order valence-electron chi connectivity index (χ3n) is 5.01. The van der Waals surface area contributed by atoms with Crippen LogP contribution in [0.1, 0.15) is 35.9 Å². The summed E-state index contributed by atoms with van der Waals surface area (Å²) >= 11 is 0. The number of imidazole rings is 1. The number of nitrogens with two attached hydrogens (primary N) is 1. The van der Waals surface area contributed by atoms with Crippen LogP contribution in [0.5, 0.6) is 0 Å². The molecular formula is C20H23N5O. The molecule has 1 saturated heterocycles. The lowest BCUT2D eigenvalue weighted by Gasteiger charge is -2.19. The van der Waals surface area contributed by atoms with Gasteiger partial charge < -0.3 is 16.0 Å². The summed E-state index contributed by atoms with van der Waals surface area (Å²) in [5, 5.41) is 2.92. The fourth-order valence-electron chi connectivity index (χ4n) is 3.47. The first-order valence-corrected chi connectivity index (χ1v) is 8.98. The first kappa shape index (κ1) is 16.6. The Labute approximate surface area is 152 Å². The number of nitrogens with one attached hydrogen (secondary N) is 2. The normalized spacial score (nSPS) is 17.7. The molecule has 1 aliphatic rings. The standard InChI is InChI=1S/C20H23N5O/c1-13-3-2-10-25(13)12-19-23-17-9-8-16(11-18(17)24-19)22-20(26)14-4-6-15(21)7-5-14/h4-9,11,13H,2-3,10,12,21H2,1H3,(H,22,26)(H,23,24)/t13-/m0/s1. The van der Waals surface area contributed by atoms with Crippen molar-refractivity contribution < 1.29 is 4.79 Å². The number of carbonyl (C=O) groups is 1. The van der Waals surface area contributed by atoms with Crippen LogP contribution < -0.4 is 11.1 Å². The molecule has 6 heteroatoms. The van der Waals surface area contributed by atoms with Gasteiger partial charge in [-0.2, -0.15) is 0 Å². The van der Waals surface area contributed by atoms with Crippen LogP contribution >= 0.6 is 0 Å². The molecule has 1 aliphatic heterocycles. The van der Waals surface area contributed by atoms with Gasteiger partial charge >= 0.3 is 0 Å². The van der Waals surface area contributed by atoms with E-state index in [0.717, 1.165) is 35.6 Å². The Morgan fingerprint density at radius 3 is 2.85 bits per heavy atom. The average Bonchev–Trinajstić information content (AvgIpc) is 3.21. The Morgan fingerprint density at radius 1 is 1.31 bits per heavy atom. The van der Waals surface area contributed by atoms with Gasteiger partial charge in [-0.25, -0.2) is 4.98 Å². The number of nitrogen functional groups attached to an aromatic ring is 1. The predicted octanol–water partition coefficient (Wildman–Crippen LogP) is 3.38. The minimum absolute atomic E-state index is 0.161. The first-order valence-electron chi connectivity index (χ1n) is 8.98. The molecule has 4 N–H and O–H groups in total. The molecule has 4 rings (SSSR count). The number of amides is 1. The summed E-state index contributed by atoms with van der Waals surface area (Å²) in [7, 11) is 0. The summed E-state index contributed by atoms with van der Waals surface area (Å²) in [4.78, 5) is 22.9. The fraction of sp³-hybridized carbons (Fsp3) is 0.300. The van der Waals surface area contributed by atoms with Gasteiger partial charge in [-0.1, -0.05) is 0 Å². The SMILES string of the molecule is C[C@H]1CCCN1Cc1nc2cc(NC(=O)c3ccc(N)cc3)ccc2[nH]1. The molecule has 0 spiro atoms. The van der Waals surface area contributed by atoms with Crippen LogP contribution in [-0.4, -0.2) is 33.4 Å². The van der Waals surface area contributed by atoms with Crippen LogP contribution in [0.3, 0.4) is 0 Å². The molecule has 0 aliphatic carbocycles. The third kappa shape index (κ3) is 3.41. The van der Waals surface area contributed by atoms with Gasteiger partial charge in [0.15, 0.2) is 0 Å². The van der Waals surface area contributed by atoms with Gasteiger partial charge in [0.2, 0.25) is 0 Å². The highest BCUT2D eigenvalue weighted by molar-refractivity contribution is 6.05. The molecule has 0 bridgehead atoms. The van der Waals surface area contributed by atoms with E-state index in [9.17, 15) is 4.79 Å². The first-order chi connectivity index (χ1) is 12.6. The number of nitrogens with zero attached hydrogens (tertiary/aromatic N) is 2. The van der Waals surface area contributed by atoms with E-state index < -0.39 is 0 Å². The number of hydrogen-bond donors (Lipinski definition) is 3. The Hall–Kier alpha value is -2.86. The van der Waals surface area contributed by atoms with E-state index in [1.54, 1.807) is 24.3 Å². The molecule has 0 saturated carbocycles. The number of rotatable bonds is 4. The van der Waals surface area contributed by atoms with Gasteiger partial charge in [0, 0.05) is 23.0 Å². The van der Waals surface area contributed by atoms with Gasteiger partial charge in [-0.05, 0) is 68.8 Å². The van der Waals surface area contributed by atoms with Crippen molar-refractivity contribution in [3.05, 3.63) is 53.9 Å². The zero-order valence-corrected chi connectivity index (χ0v) is 14.8. The van der Waals surface area contributed by atoms with Crippen LogP contribution in [0.2, 0.25) is 0 Å². The van der Waals surface area contributed by atoms with Crippen LogP contribution in [0.4, 0.5) is 11.4 Å². The van der Waals surface area contributed by atoms with E-state index in [1.807, 2.05) is 18.2 Å². The smallest absolute Gasteiger partial charge is 0.255 e. The molecule has 0 radical (unpaired) electrons. The molecular weight excluding hydrogens is 326 g/mol. The van der Waals surface area contributed by atoms with Crippen LogP contribution in [-0.2, 0) is 6.54 Å². The summed E-state index contributed by atoms with van der Waals surface area (Å²) < 4.78 is 0. The molecule has 1 fully saturated rings. The predicted molar refractivity (Wildman–Crippen MR) is 104 cm³/mol. The van der Waals surface area contributed by atoms with Crippen molar-refractivity contribution in [3.8, 4) is 0 Å². The average molecular weight is 349 g/mol. The zero-order valence-electron chi connectivity index (χ0n) is 14.8. The number of fused-ring (bicyclic) bond motifs is 1. The molecule has 6 nitrogen and oxygen atoms in total. The van der Waals surface area contributed by atoms with Crippen LogP contribution in [0.25, 0.3) is 11.0 Å². The number of carbonyl (C=O) groups excluding carboxylic acids is 1. The van der Waals surface area contributed by atoms with E-state index in [1.165, 1.54) is 12.8 Å². The number of benzene rings is 2. The van der Waals surface area contributed by atoms with Crippen molar-refractivity contribution in [3.63, 3.8) is 0 Å². The van der Waals surface area contributed by atoms with Crippen molar-refractivity contribution in [2.75, 3.05) is 17.6 Å². The van der Waals surface area contributed by atoms with E-state index in [0.29, 0.717) is 17.3 Å². The van der Waals surface area contributed by atoms with E-state index in [-0.39, 0.29) is 5.91 Å². The second-order valence-electron chi connectivity index (χ2n) is 6.95. The van der Waals surface area contributed by atoms with E-state index in [2.05, 4.69) is 22.1 Å². The minimum atomic E-state index is -0.161. The number of likely N-dealkylation sites (tertiary alicyclic amines) is 1. The fourth-order valence-corrected chi connectivity index (χ4v) is 3.47. The molecule has 1 amide bonds. The topological polar surface area (TPSA) is 87.0 Å². The highest BCUT2D eigenvalue weighted by atomic mass is 16.1. The van der Waals surface area contributed by atoms with Crippen molar-refractivity contribution in [2.45, 2.75) is 32.4 Å². The van der Waals surface area contributed by atoms with Crippen molar-refractivity contribution in [1.82, 2.24) is 14.9 Å². The monoisotopic (exact) mass is 349 g/mol. The number of hydrogen-bond acceptors (Lipinski definition) is 4. The molecule has 26 heavy (non-hydrogen) atoms. The van der Waals surface area contributed by atoms with E-state index in [4.69, 9.17) is 10.7 Å². The van der Waals surface area contributed by atoms with Gasteiger partial charge in [-0.3, -0.25) is 9.69 Å². The lowest BCUT2D eigenvalue weighted by atomic mass is 10.2. The Morgan fingerprint density at radius 2 is 2.12 bits per heavy atom. The van der Waals surface area contributed by atoms with Gasteiger partial charge in [-0.15, -0.1) is 0 Å². The molecule has 134 valence electrons. The maximum absolute atomic E-state index is 12.3. The van der Waals surface area contributed by atoms with E-state index >= 15 is 0 Å². The summed E-state index contributed by atoms with van der Waals surface area (Å²) in [6, 6.07) is 13.2. The lowest BCUT2D eigenvalue weighted by Crippen LogP contribution is -2.26. The minimum Gasteiger partial charge on any atom is -0.399 e. The summed E-state index contributed by atoms with van der Waals surface area (Å²) in [6.07, 6.45) is 2.50. The van der Waals surface area contributed by atoms with Gasteiger partial charge in [0.25, 0.3) is 5.91 Å². The second-order valence-corrected chi connectivity index (χ2v) is 6.95. The number of H-pyrrole nitrogens is 1. The molecule has 0 unspecified atom stereocenters. The van der Waals surface area contributed by atoms with Gasteiger partial charge in [0.1, 0.15) is 5.82 Å². The molecule has 1 aromatic heterocycles. The Balaban J connectivity index is 1.50. The Kier molecular flexibility index (Phi) is 4.34. The van der Waals surface area contributed by atoms with Crippen molar-refractivity contribution in [1.29, 1.82) is 0 Å². The zero-order chi connectivity index (χ0) is 18.1. The summed E-state index contributed by atoms with van der Waals surface area (Å²) in [5.41, 5.74) is 9.45. The van der Waals surface area contributed by atoms with Crippen molar-refractivity contribution in [2.24, 2.45) is 0 Å². The molecule has 3 aromatic rings. The van der Waals surface area contributed by atoms with Crippen molar-refractivity contribution >= 4 is 28.3 Å².